The molecule has 1 aromatic carbocycles. The van der Waals surface area contributed by atoms with Crippen LogP contribution in [0.15, 0.2) is 17.1 Å². The number of rotatable bonds is 2. The summed E-state index contributed by atoms with van der Waals surface area (Å²) < 4.78 is 10.9. The molecule has 0 saturated carbocycles. The molecule has 3 heterocycles. The number of nitrogens with zero attached hydrogens (tertiary/aromatic N) is 3. The van der Waals surface area contributed by atoms with Crippen molar-refractivity contribution in [1.82, 2.24) is 9.80 Å². The van der Waals surface area contributed by atoms with Crippen LogP contribution in [-0.2, 0) is 6.42 Å². The molecule has 1 aromatic rings. The maximum atomic E-state index is 5.48. The molecule has 0 bridgehead atoms. The van der Waals surface area contributed by atoms with Gasteiger partial charge in [0.15, 0.2) is 17.5 Å². The summed E-state index contributed by atoms with van der Waals surface area (Å²) in [6.45, 7) is 4.17. The molecular formula is C16H21N3O2. The van der Waals surface area contributed by atoms with Gasteiger partial charge >= 0.3 is 0 Å². The van der Waals surface area contributed by atoms with Gasteiger partial charge in [-0.25, -0.2) is 0 Å². The van der Waals surface area contributed by atoms with Gasteiger partial charge in [0.25, 0.3) is 0 Å². The Kier molecular flexibility index (Phi) is 2.94. The molecule has 0 N–H and O–H groups in total. The summed E-state index contributed by atoms with van der Waals surface area (Å²) in [4.78, 5) is 9.60. The first-order chi connectivity index (χ1) is 10.3. The SMILES string of the molecule is COc1cc2c(cc1OC)C1CCN3CCN=C3N1CC2. The molecule has 0 aliphatic carbocycles. The van der Waals surface area contributed by atoms with Crippen molar-refractivity contribution in [3.05, 3.63) is 23.3 Å². The molecule has 3 aliphatic heterocycles. The molecule has 0 aromatic heterocycles. The van der Waals surface area contributed by atoms with Gasteiger partial charge in [-0.1, -0.05) is 0 Å². The molecule has 3 aliphatic rings. The number of aliphatic imine (C=N–C) groups is 1. The summed E-state index contributed by atoms with van der Waals surface area (Å²) in [6, 6.07) is 4.74. The molecule has 5 heteroatoms. The van der Waals surface area contributed by atoms with Gasteiger partial charge in [-0.2, -0.15) is 0 Å². The second-order valence-electron chi connectivity index (χ2n) is 5.82. The van der Waals surface area contributed by atoms with Crippen LogP contribution in [0.4, 0.5) is 0 Å². The summed E-state index contributed by atoms with van der Waals surface area (Å²) in [5.74, 6) is 2.86. The third-order valence-corrected chi connectivity index (χ3v) is 4.84. The van der Waals surface area contributed by atoms with Crippen LogP contribution in [0.5, 0.6) is 11.5 Å². The van der Waals surface area contributed by atoms with Crippen LogP contribution in [-0.4, -0.2) is 56.2 Å². The number of hydrogen-bond donors (Lipinski definition) is 0. The van der Waals surface area contributed by atoms with E-state index < -0.39 is 0 Å². The van der Waals surface area contributed by atoms with Crippen LogP contribution in [0.1, 0.15) is 23.6 Å². The molecule has 112 valence electrons. The highest BCUT2D eigenvalue weighted by molar-refractivity contribution is 5.83. The number of hydrogen-bond acceptors (Lipinski definition) is 5. The molecule has 21 heavy (non-hydrogen) atoms. The predicted octanol–water partition coefficient (Wildman–Crippen LogP) is 1.68. The van der Waals surface area contributed by atoms with Crippen LogP contribution in [0.3, 0.4) is 0 Å². The first kappa shape index (κ1) is 12.8. The summed E-state index contributed by atoms with van der Waals surface area (Å²) in [5.41, 5.74) is 2.77. The van der Waals surface area contributed by atoms with E-state index in [2.05, 4.69) is 21.9 Å². The Labute approximate surface area is 125 Å². The minimum atomic E-state index is 0.432. The fourth-order valence-electron chi connectivity index (χ4n) is 3.81. The Balaban J connectivity index is 1.75. The van der Waals surface area contributed by atoms with E-state index in [1.807, 2.05) is 0 Å². The Morgan fingerprint density at radius 1 is 1.10 bits per heavy atom. The van der Waals surface area contributed by atoms with E-state index in [-0.39, 0.29) is 0 Å². The standard InChI is InChI=1S/C16H21N3O2/c1-20-14-9-11-3-7-19-13(12(11)10-15(14)21-2)4-6-18-8-5-17-16(18)19/h9-10,13H,3-8H2,1-2H3. The number of benzene rings is 1. The summed E-state index contributed by atoms with van der Waals surface area (Å²) >= 11 is 0. The van der Waals surface area contributed by atoms with Gasteiger partial charge in [0.1, 0.15) is 0 Å². The number of methoxy groups -OCH3 is 2. The van der Waals surface area contributed by atoms with E-state index in [4.69, 9.17) is 14.5 Å². The summed E-state index contributed by atoms with van der Waals surface area (Å²) in [5, 5.41) is 0. The van der Waals surface area contributed by atoms with E-state index in [1.54, 1.807) is 14.2 Å². The molecule has 0 spiro atoms. The second kappa shape index (κ2) is 4.83. The Hall–Kier alpha value is -1.91. The highest BCUT2D eigenvalue weighted by Crippen LogP contribution is 2.41. The monoisotopic (exact) mass is 287 g/mol. The van der Waals surface area contributed by atoms with Crippen molar-refractivity contribution in [3.63, 3.8) is 0 Å². The van der Waals surface area contributed by atoms with Gasteiger partial charge in [0.2, 0.25) is 0 Å². The van der Waals surface area contributed by atoms with Gasteiger partial charge in [-0.3, -0.25) is 4.99 Å². The van der Waals surface area contributed by atoms with Crippen molar-refractivity contribution < 1.29 is 9.47 Å². The van der Waals surface area contributed by atoms with Gasteiger partial charge in [-0.05, 0) is 36.1 Å². The average Bonchev–Trinajstić information content (AvgIpc) is 3.01. The normalized spacial score (nSPS) is 23.1. The molecule has 4 rings (SSSR count). The van der Waals surface area contributed by atoms with E-state index >= 15 is 0 Å². The van der Waals surface area contributed by atoms with Crippen LogP contribution >= 0.6 is 0 Å². The Morgan fingerprint density at radius 2 is 1.90 bits per heavy atom. The zero-order chi connectivity index (χ0) is 14.4. The number of ether oxygens (including phenoxy) is 2. The van der Waals surface area contributed by atoms with Crippen molar-refractivity contribution in [3.8, 4) is 11.5 Å². The fourth-order valence-corrected chi connectivity index (χ4v) is 3.81. The smallest absolute Gasteiger partial charge is 0.197 e. The third-order valence-electron chi connectivity index (χ3n) is 4.84. The highest BCUT2D eigenvalue weighted by atomic mass is 16.5. The van der Waals surface area contributed by atoms with Crippen molar-refractivity contribution in [2.75, 3.05) is 40.4 Å². The molecule has 1 saturated heterocycles. The minimum Gasteiger partial charge on any atom is -0.493 e. The lowest BCUT2D eigenvalue weighted by Gasteiger charge is -2.45. The van der Waals surface area contributed by atoms with Crippen LogP contribution < -0.4 is 9.47 Å². The third kappa shape index (κ3) is 1.87. The zero-order valence-corrected chi connectivity index (χ0v) is 12.6. The van der Waals surface area contributed by atoms with Gasteiger partial charge in [0, 0.05) is 19.6 Å². The van der Waals surface area contributed by atoms with Crippen molar-refractivity contribution >= 4 is 5.96 Å². The maximum absolute atomic E-state index is 5.48. The van der Waals surface area contributed by atoms with E-state index in [1.165, 1.54) is 17.1 Å². The Bertz CT molecular complexity index is 599. The predicted molar refractivity (Wildman–Crippen MR) is 81.2 cm³/mol. The average molecular weight is 287 g/mol. The van der Waals surface area contributed by atoms with Crippen molar-refractivity contribution in [2.45, 2.75) is 18.9 Å². The number of fused-ring (bicyclic) bond motifs is 5. The summed E-state index contributed by atoms with van der Waals surface area (Å²) in [6.07, 6.45) is 2.19. The number of guanidine groups is 1. The first-order valence-electron chi connectivity index (χ1n) is 7.62. The molecule has 1 unspecified atom stereocenters. The summed E-state index contributed by atoms with van der Waals surface area (Å²) in [7, 11) is 3.40. The van der Waals surface area contributed by atoms with Crippen molar-refractivity contribution in [1.29, 1.82) is 0 Å². The molecular weight excluding hydrogens is 266 g/mol. The maximum Gasteiger partial charge on any atom is 0.197 e. The van der Waals surface area contributed by atoms with Gasteiger partial charge in [0.05, 0.1) is 26.8 Å². The quantitative estimate of drug-likeness (QED) is 0.829. The lowest BCUT2D eigenvalue weighted by Crippen LogP contribution is -2.52. The molecule has 0 radical (unpaired) electrons. The van der Waals surface area contributed by atoms with Crippen LogP contribution in [0, 0.1) is 0 Å². The van der Waals surface area contributed by atoms with Gasteiger partial charge in [-0.15, -0.1) is 0 Å². The van der Waals surface area contributed by atoms with E-state index in [9.17, 15) is 0 Å². The molecule has 1 atom stereocenters. The molecule has 5 nitrogen and oxygen atoms in total. The Morgan fingerprint density at radius 3 is 2.71 bits per heavy atom. The molecule has 1 fully saturated rings. The van der Waals surface area contributed by atoms with E-state index in [0.717, 1.165) is 50.5 Å². The largest absolute Gasteiger partial charge is 0.493 e. The van der Waals surface area contributed by atoms with E-state index in [0.29, 0.717) is 6.04 Å². The van der Waals surface area contributed by atoms with Crippen LogP contribution in [0.2, 0.25) is 0 Å². The second-order valence-corrected chi connectivity index (χ2v) is 5.82. The molecule has 0 amide bonds. The topological polar surface area (TPSA) is 37.3 Å². The van der Waals surface area contributed by atoms with Crippen LogP contribution in [0.25, 0.3) is 0 Å². The van der Waals surface area contributed by atoms with Gasteiger partial charge < -0.3 is 19.3 Å². The fraction of sp³-hybridized carbons (Fsp3) is 0.562. The minimum absolute atomic E-state index is 0.432. The zero-order valence-electron chi connectivity index (χ0n) is 12.6. The lowest BCUT2D eigenvalue weighted by atomic mass is 9.89. The first-order valence-corrected chi connectivity index (χ1v) is 7.62. The lowest BCUT2D eigenvalue weighted by molar-refractivity contribution is 0.194. The van der Waals surface area contributed by atoms with Crippen molar-refractivity contribution in [2.24, 2.45) is 4.99 Å². The highest BCUT2D eigenvalue weighted by Gasteiger charge is 2.38.